The minimum absolute atomic E-state index is 0.0624. The van der Waals surface area contributed by atoms with Crippen LogP contribution in [-0.4, -0.2) is 28.7 Å². The molecule has 0 aliphatic rings. The van der Waals surface area contributed by atoms with Crippen molar-refractivity contribution in [3.8, 4) is 11.3 Å². The number of rotatable bonds is 7. The zero-order chi connectivity index (χ0) is 17.7. The maximum Gasteiger partial charge on any atom is 0.308 e. The third-order valence-corrected chi connectivity index (χ3v) is 3.70. The van der Waals surface area contributed by atoms with Gasteiger partial charge in [-0.1, -0.05) is 48.8 Å². The van der Waals surface area contributed by atoms with Crippen molar-refractivity contribution in [2.75, 3.05) is 6.54 Å². The molecule has 1 aromatic heterocycles. The van der Waals surface area contributed by atoms with Gasteiger partial charge in [-0.05, 0) is 19.3 Å². The second kappa shape index (κ2) is 7.77. The Morgan fingerprint density at radius 2 is 1.92 bits per heavy atom. The fraction of sp³-hybridized carbons (Fsp3) is 0.389. The Labute approximate surface area is 140 Å². The van der Waals surface area contributed by atoms with Gasteiger partial charge in [0.05, 0.1) is 5.92 Å². The molecule has 1 atom stereocenters. The number of hydrogen-bond donors (Lipinski definition) is 2. The van der Waals surface area contributed by atoms with E-state index in [2.05, 4.69) is 10.5 Å². The molecule has 0 saturated heterocycles. The number of carbonyl (C=O) groups excluding carboxylic acids is 1. The number of nitrogens with zero attached hydrogens (tertiary/aromatic N) is 1. The van der Waals surface area contributed by atoms with Gasteiger partial charge in [0.1, 0.15) is 5.69 Å². The molecule has 0 spiro atoms. The largest absolute Gasteiger partial charge is 0.481 e. The van der Waals surface area contributed by atoms with E-state index in [1.165, 1.54) is 0 Å². The molecule has 0 aliphatic heterocycles. The van der Waals surface area contributed by atoms with Crippen molar-refractivity contribution in [3.05, 3.63) is 41.7 Å². The van der Waals surface area contributed by atoms with Gasteiger partial charge in [0, 0.05) is 18.2 Å². The molecular formula is C18H22N2O4. The first-order chi connectivity index (χ1) is 11.4. The summed E-state index contributed by atoms with van der Waals surface area (Å²) in [5, 5.41) is 15.7. The van der Waals surface area contributed by atoms with Crippen LogP contribution in [0.3, 0.4) is 0 Å². The molecule has 2 rings (SSSR count). The lowest BCUT2D eigenvalue weighted by molar-refractivity contribution is -0.142. The Morgan fingerprint density at radius 3 is 2.50 bits per heavy atom. The fourth-order valence-electron chi connectivity index (χ4n) is 2.39. The van der Waals surface area contributed by atoms with Crippen LogP contribution in [-0.2, 0) is 4.79 Å². The van der Waals surface area contributed by atoms with Crippen LogP contribution in [0.2, 0.25) is 0 Å². The van der Waals surface area contributed by atoms with Crippen molar-refractivity contribution in [1.29, 1.82) is 0 Å². The topological polar surface area (TPSA) is 92.4 Å². The summed E-state index contributed by atoms with van der Waals surface area (Å²) in [6, 6.07) is 9.26. The standard InChI is InChI=1S/C18H22N2O4/c1-11(2)8-14(18(22)23)10-19-17(21)16-9-15(20-24-16)13-6-4-12(3)5-7-13/h4-7,9,11,14H,8,10H2,1-3H3,(H,19,21)(H,22,23). The molecule has 24 heavy (non-hydrogen) atoms. The van der Waals surface area contributed by atoms with Gasteiger partial charge in [0.2, 0.25) is 5.76 Å². The van der Waals surface area contributed by atoms with Crippen molar-refractivity contribution in [1.82, 2.24) is 10.5 Å². The smallest absolute Gasteiger partial charge is 0.308 e. The van der Waals surface area contributed by atoms with Crippen LogP contribution >= 0.6 is 0 Å². The van der Waals surface area contributed by atoms with E-state index in [9.17, 15) is 14.7 Å². The van der Waals surface area contributed by atoms with E-state index in [1.807, 2.05) is 45.0 Å². The van der Waals surface area contributed by atoms with Gasteiger partial charge in [-0.2, -0.15) is 0 Å². The second-order valence-corrected chi connectivity index (χ2v) is 6.32. The summed E-state index contributed by atoms with van der Waals surface area (Å²) in [4.78, 5) is 23.3. The predicted molar refractivity (Wildman–Crippen MR) is 89.6 cm³/mol. The molecule has 1 unspecified atom stereocenters. The third kappa shape index (κ3) is 4.68. The molecule has 1 aromatic carbocycles. The summed E-state index contributed by atoms with van der Waals surface area (Å²) in [7, 11) is 0. The highest BCUT2D eigenvalue weighted by Crippen LogP contribution is 2.19. The van der Waals surface area contributed by atoms with Gasteiger partial charge in [0.15, 0.2) is 0 Å². The Morgan fingerprint density at radius 1 is 1.25 bits per heavy atom. The fourth-order valence-corrected chi connectivity index (χ4v) is 2.39. The minimum atomic E-state index is -0.915. The second-order valence-electron chi connectivity index (χ2n) is 6.32. The van der Waals surface area contributed by atoms with E-state index in [-0.39, 0.29) is 18.2 Å². The molecule has 128 valence electrons. The van der Waals surface area contributed by atoms with E-state index in [1.54, 1.807) is 6.07 Å². The molecular weight excluding hydrogens is 308 g/mol. The number of carboxylic acids is 1. The Kier molecular flexibility index (Phi) is 5.73. The van der Waals surface area contributed by atoms with Crippen LogP contribution in [0.15, 0.2) is 34.9 Å². The van der Waals surface area contributed by atoms with Gasteiger partial charge >= 0.3 is 5.97 Å². The van der Waals surface area contributed by atoms with E-state index in [0.717, 1.165) is 11.1 Å². The number of aryl methyl sites for hydroxylation is 1. The van der Waals surface area contributed by atoms with Crippen LogP contribution in [0.4, 0.5) is 0 Å². The van der Waals surface area contributed by atoms with E-state index < -0.39 is 17.8 Å². The van der Waals surface area contributed by atoms with Crippen LogP contribution < -0.4 is 5.32 Å². The van der Waals surface area contributed by atoms with E-state index in [0.29, 0.717) is 12.1 Å². The first-order valence-corrected chi connectivity index (χ1v) is 7.91. The SMILES string of the molecule is Cc1ccc(-c2cc(C(=O)NCC(CC(C)C)C(=O)O)on2)cc1. The molecule has 0 bridgehead atoms. The Bertz CT molecular complexity index is 704. The lowest BCUT2D eigenvalue weighted by atomic mass is 9.97. The van der Waals surface area contributed by atoms with Crippen LogP contribution in [0, 0.1) is 18.8 Å². The zero-order valence-corrected chi connectivity index (χ0v) is 14.1. The maximum absolute atomic E-state index is 12.1. The third-order valence-electron chi connectivity index (χ3n) is 3.70. The van der Waals surface area contributed by atoms with Crippen molar-refractivity contribution < 1.29 is 19.2 Å². The van der Waals surface area contributed by atoms with Gasteiger partial charge in [-0.15, -0.1) is 0 Å². The summed E-state index contributed by atoms with van der Waals surface area (Å²) in [6.07, 6.45) is 0.501. The first kappa shape index (κ1) is 17.7. The number of aromatic nitrogens is 1. The number of benzene rings is 1. The number of carboxylic acid groups (broad SMARTS) is 1. The highest BCUT2D eigenvalue weighted by molar-refractivity contribution is 5.92. The monoisotopic (exact) mass is 330 g/mol. The summed E-state index contributed by atoms with van der Waals surface area (Å²) < 4.78 is 5.08. The van der Waals surface area contributed by atoms with Gasteiger partial charge in [0.25, 0.3) is 5.91 Å². The number of carbonyl (C=O) groups is 2. The van der Waals surface area contributed by atoms with E-state index >= 15 is 0 Å². The molecule has 1 heterocycles. The van der Waals surface area contributed by atoms with Gasteiger partial charge in [-0.25, -0.2) is 0 Å². The highest BCUT2D eigenvalue weighted by Gasteiger charge is 2.21. The minimum Gasteiger partial charge on any atom is -0.481 e. The molecule has 0 fully saturated rings. The average Bonchev–Trinajstić information content (AvgIpc) is 3.01. The van der Waals surface area contributed by atoms with E-state index in [4.69, 9.17) is 4.52 Å². The molecule has 1 amide bonds. The van der Waals surface area contributed by atoms with Crippen molar-refractivity contribution in [2.24, 2.45) is 11.8 Å². The van der Waals surface area contributed by atoms with Crippen molar-refractivity contribution in [2.45, 2.75) is 27.2 Å². The predicted octanol–water partition coefficient (Wildman–Crippen LogP) is 3.13. The zero-order valence-electron chi connectivity index (χ0n) is 14.1. The number of aliphatic carboxylic acids is 1. The summed E-state index contributed by atoms with van der Waals surface area (Å²) in [6.45, 7) is 5.94. The molecule has 0 saturated carbocycles. The normalized spacial score (nSPS) is 12.2. The van der Waals surface area contributed by atoms with Gasteiger partial charge in [-0.3, -0.25) is 9.59 Å². The van der Waals surface area contributed by atoms with Gasteiger partial charge < -0.3 is 14.9 Å². The van der Waals surface area contributed by atoms with Crippen LogP contribution in [0.5, 0.6) is 0 Å². The highest BCUT2D eigenvalue weighted by atomic mass is 16.5. The first-order valence-electron chi connectivity index (χ1n) is 7.91. The Hall–Kier alpha value is -2.63. The average molecular weight is 330 g/mol. The quantitative estimate of drug-likeness (QED) is 0.813. The van der Waals surface area contributed by atoms with Crippen LogP contribution in [0.1, 0.15) is 36.4 Å². The summed E-state index contributed by atoms with van der Waals surface area (Å²) in [5.74, 6) is -1.69. The molecule has 2 N–H and O–H groups in total. The van der Waals surface area contributed by atoms with Crippen molar-refractivity contribution in [3.63, 3.8) is 0 Å². The molecule has 6 nitrogen and oxygen atoms in total. The number of amides is 1. The lowest BCUT2D eigenvalue weighted by Crippen LogP contribution is -2.33. The van der Waals surface area contributed by atoms with Crippen molar-refractivity contribution >= 4 is 11.9 Å². The summed E-state index contributed by atoms with van der Waals surface area (Å²) in [5.41, 5.74) is 2.55. The number of hydrogen-bond acceptors (Lipinski definition) is 4. The lowest BCUT2D eigenvalue weighted by Gasteiger charge is -2.14. The molecule has 0 radical (unpaired) electrons. The Balaban J connectivity index is 2.00. The molecule has 2 aromatic rings. The molecule has 6 heteroatoms. The number of nitrogens with one attached hydrogen (secondary N) is 1. The summed E-state index contributed by atoms with van der Waals surface area (Å²) >= 11 is 0. The van der Waals surface area contributed by atoms with Crippen LogP contribution in [0.25, 0.3) is 11.3 Å². The maximum atomic E-state index is 12.1. The molecule has 0 aliphatic carbocycles.